The molecule has 2 aromatic rings. The Labute approximate surface area is 163 Å². The van der Waals surface area contributed by atoms with Gasteiger partial charge in [0.1, 0.15) is 17.3 Å². The molecule has 0 bridgehead atoms. The Morgan fingerprint density at radius 1 is 1.22 bits per heavy atom. The van der Waals surface area contributed by atoms with Crippen LogP contribution in [0.5, 0.6) is 11.5 Å². The molecule has 1 atom stereocenters. The first-order valence-electron chi connectivity index (χ1n) is 8.06. The molecule has 27 heavy (non-hydrogen) atoms. The van der Waals surface area contributed by atoms with Crippen LogP contribution >= 0.6 is 12.4 Å². The normalized spacial score (nSPS) is 15.9. The fourth-order valence-corrected chi connectivity index (χ4v) is 2.80. The van der Waals surface area contributed by atoms with E-state index >= 15 is 0 Å². The average molecular weight is 393 g/mol. The van der Waals surface area contributed by atoms with Crippen molar-refractivity contribution in [1.82, 2.24) is 4.98 Å². The first kappa shape index (κ1) is 20.3. The number of benzene rings is 1. The number of halogens is 1. The quantitative estimate of drug-likeness (QED) is 0.806. The monoisotopic (exact) mass is 392 g/mol. The molecular formula is C18H21ClN4O4. The number of nitrogens with two attached hydrogens (primary N) is 1. The van der Waals surface area contributed by atoms with Crippen LogP contribution in [0.2, 0.25) is 0 Å². The van der Waals surface area contributed by atoms with Crippen molar-refractivity contribution in [2.75, 3.05) is 36.7 Å². The van der Waals surface area contributed by atoms with Gasteiger partial charge in [-0.3, -0.25) is 9.59 Å². The molecule has 0 saturated carbocycles. The summed E-state index contributed by atoms with van der Waals surface area (Å²) in [6.07, 6.45) is 1.61. The van der Waals surface area contributed by atoms with Crippen LogP contribution in [0.3, 0.4) is 0 Å². The molecular weight excluding hydrogens is 372 g/mol. The van der Waals surface area contributed by atoms with E-state index in [1.165, 1.54) is 6.20 Å². The van der Waals surface area contributed by atoms with E-state index < -0.39 is 5.92 Å². The molecule has 1 aromatic carbocycles. The smallest absolute Gasteiger partial charge is 0.229 e. The van der Waals surface area contributed by atoms with Crippen molar-refractivity contribution >= 4 is 41.4 Å². The number of carbonyl (C=O) groups is 2. The van der Waals surface area contributed by atoms with Crippen LogP contribution < -0.4 is 25.4 Å². The van der Waals surface area contributed by atoms with E-state index in [9.17, 15) is 9.59 Å². The Balaban J connectivity index is 0.00000261. The molecule has 1 unspecified atom stereocenters. The molecule has 1 fully saturated rings. The van der Waals surface area contributed by atoms with Gasteiger partial charge in [0.25, 0.3) is 0 Å². The molecule has 1 aliphatic heterocycles. The minimum Gasteiger partial charge on any atom is -0.497 e. The van der Waals surface area contributed by atoms with Gasteiger partial charge in [-0.05, 0) is 12.1 Å². The predicted octanol–water partition coefficient (Wildman–Crippen LogP) is 2.09. The van der Waals surface area contributed by atoms with Gasteiger partial charge in [0, 0.05) is 31.2 Å². The van der Waals surface area contributed by atoms with Gasteiger partial charge in [-0.1, -0.05) is 0 Å². The topological polar surface area (TPSA) is 107 Å². The number of rotatable bonds is 5. The summed E-state index contributed by atoms with van der Waals surface area (Å²) in [7, 11) is 3.09. The Morgan fingerprint density at radius 3 is 2.44 bits per heavy atom. The largest absolute Gasteiger partial charge is 0.497 e. The lowest BCUT2D eigenvalue weighted by atomic mass is 10.1. The number of nitrogen functional groups attached to an aromatic ring is 1. The summed E-state index contributed by atoms with van der Waals surface area (Å²) in [6, 6.07) is 8.48. The second-order valence-corrected chi connectivity index (χ2v) is 5.94. The number of hydrogen-bond donors (Lipinski definition) is 2. The summed E-state index contributed by atoms with van der Waals surface area (Å²) >= 11 is 0. The van der Waals surface area contributed by atoms with Crippen LogP contribution in [-0.2, 0) is 9.59 Å². The molecule has 1 aromatic heterocycles. The van der Waals surface area contributed by atoms with E-state index in [1.54, 1.807) is 49.5 Å². The molecule has 1 saturated heterocycles. The highest BCUT2D eigenvalue weighted by Gasteiger charge is 2.35. The Bertz CT molecular complexity index is 806. The van der Waals surface area contributed by atoms with Crippen molar-refractivity contribution in [2.45, 2.75) is 6.42 Å². The molecule has 0 spiro atoms. The molecule has 0 aliphatic carbocycles. The standard InChI is InChI=1S/C18H20N4O4.ClH/c1-25-14-6-13(7-15(8-14)26-2)22-10-11(5-17(22)23)18(24)21-12-3-4-16(19)20-9-12;/h3-4,6-9,11H,5,10H2,1-2H3,(H2,19,20)(H,21,24);1H. The second-order valence-electron chi connectivity index (χ2n) is 5.94. The number of ether oxygens (including phenoxy) is 2. The van der Waals surface area contributed by atoms with E-state index in [1.807, 2.05) is 0 Å². The number of aromatic nitrogens is 1. The number of nitrogens with one attached hydrogen (secondary N) is 1. The average Bonchev–Trinajstić information content (AvgIpc) is 3.05. The van der Waals surface area contributed by atoms with E-state index in [-0.39, 0.29) is 37.2 Å². The molecule has 3 N–H and O–H groups in total. The summed E-state index contributed by atoms with van der Waals surface area (Å²) in [5.41, 5.74) is 6.71. The molecule has 144 valence electrons. The van der Waals surface area contributed by atoms with Gasteiger partial charge in [0.15, 0.2) is 0 Å². The van der Waals surface area contributed by atoms with Crippen molar-refractivity contribution in [3.8, 4) is 11.5 Å². The van der Waals surface area contributed by atoms with Crippen LogP contribution in [0, 0.1) is 5.92 Å². The van der Waals surface area contributed by atoms with Gasteiger partial charge >= 0.3 is 0 Å². The maximum atomic E-state index is 12.5. The maximum Gasteiger partial charge on any atom is 0.229 e. The van der Waals surface area contributed by atoms with E-state index in [4.69, 9.17) is 15.2 Å². The zero-order chi connectivity index (χ0) is 18.7. The fraction of sp³-hybridized carbons (Fsp3) is 0.278. The molecule has 8 nitrogen and oxygen atoms in total. The molecule has 2 amide bonds. The van der Waals surface area contributed by atoms with Gasteiger partial charge in [0.2, 0.25) is 11.8 Å². The van der Waals surface area contributed by atoms with Gasteiger partial charge in [0.05, 0.1) is 37.7 Å². The highest BCUT2D eigenvalue weighted by molar-refractivity contribution is 6.03. The first-order valence-corrected chi connectivity index (χ1v) is 8.06. The van der Waals surface area contributed by atoms with Crippen LogP contribution in [0.1, 0.15) is 6.42 Å². The zero-order valence-electron chi connectivity index (χ0n) is 15.0. The third-order valence-corrected chi connectivity index (χ3v) is 4.20. The van der Waals surface area contributed by atoms with Crippen molar-refractivity contribution in [1.29, 1.82) is 0 Å². The lowest BCUT2D eigenvalue weighted by Gasteiger charge is -2.18. The van der Waals surface area contributed by atoms with Crippen LogP contribution in [0.15, 0.2) is 36.5 Å². The third kappa shape index (κ3) is 4.59. The highest BCUT2D eigenvalue weighted by atomic mass is 35.5. The third-order valence-electron chi connectivity index (χ3n) is 4.20. The Hall–Kier alpha value is -3.00. The number of methoxy groups -OCH3 is 2. The fourth-order valence-electron chi connectivity index (χ4n) is 2.80. The van der Waals surface area contributed by atoms with Crippen molar-refractivity contribution < 1.29 is 19.1 Å². The Morgan fingerprint density at radius 2 is 1.89 bits per heavy atom. The lowest BCUT2D eigenvalue weighted by molar-refractivity contribution is -0.122. The number of anilines is 3. The molecule has 2 heterocycles. The summed E-state index contributed by atoms with van der Waals surface area (Å²) in [5.74, 6) is 0.702. The second kappa shape index (κ2) is 8.59. The van der Waals surface area contributed by atoms with Gasteiger partial charge in [-0.2, -0.15) is 0 Å². The maximum absolute atomic E-state index is 12.5. The van der Waals surface area contributed by atoms with E-state index in [0.29, 0.717) is 28.7 Å². The first-order chi connectivity index (χ1) is 12.5. The Kier molecular flexibility index (Phi) is 6.46. The molecule has 0 radical (unpaired) electrons. The van der Waals surface area contributed by atoms with Crippen LogP contribution in [-0.4, -0.2) is 37.6 Å². The van der Waals surface area contributed by atoms with Crippen molar-refractivity contribution in [2.24, 2.45) is 5.92 Å². The minimum absolute atomic E-state index is 0. The number of pyridine rings is 1. The lowest BCUT2D eigenvalue weighted by Crippen LogP contribution is -2.28. The highest BCUT2D eigenvalue weighted by Crippen LogP contribution is 2.32. The SMILES string of the molecule is COc1cc(OC)cc(N2CC(C(=O)Nc3ccc(N)nc3)CC2=O)c1.Cl. The number of amides is 2. The number of nitrogens with zero attached hydrogens (tertiary/aromatic N) is 2. The number of carbonyl (C=O) groups excluding carboxylic acids is 2. The van der Waals surface area contributed by atoms with Gasteiger partial charge in [-0.15, -0.1) is 12.4 Å². The van der Waals surface area contributed by atoms with Crippen molar-refractivity contribution in [3.05, 3.63) is 36.5 Å². The van der Waals surface area contributed by atoms with Gasteiger partial charge in [-0.25, -0.2) is 4.98 Å². The van der Waals surface area contributed by atoms with Crippen molar-refractivity contribution in [3.63, 3.8) is 0 Å². The summed E-state index contributed by atoms with van der Waals surface area (Å²) < 4.78 is 10.5. The minimum atomic E-state index is -0.461. The summed E-state index contributed by atoms with van der Waals surface area (Å²) in [6.45, 7) is 0.281. The molecule has 1 aliphatic rings. The number of hydrogen-bond acceptors (Lipinski definition) is 6. The zero-order valence-corrected chi connectivity index (χ0v) is 15.8. The van der Waals surface area contributed by atoms with Crippen LogP contribution in [0.25, 0.3) is 0 Å². The van der Waals surface area contributed by atoms with E-state index in [0.717, 1.165) is 0 Å². The summed E-state index contributed by atoms with van der Waals surface area (Å²) in [5, 5.41) is 2.76. The van der Waals surface area contributed by atoms with Gasteiger partial charge < -0.3 is 25.4 Å². The van der Waals surface area contributed by atoms with Crippen LogP contribution in [0.4, 0.5) is 17.2 Å². The van der Waals surface area contributed by atoms with E-state index in [2.05, 4.69) is 10.3 Å². The molecule has 3 rings (SSSR count). The summed E-state index contributed by atoms with van der Waals surface area (Å²) in [4.78, 5) is 30.4. The molecule has 9 heteroatoms. The predicted molar refractivity (Wildman–Crippen MR) is 105 cm³/mol.